The van der Waals surface area contributed by atoms with Crippen molar-refractivity contribution in [2.75, 3.05) is 61.1 Å². The lowest BCUT2D eigenvalue weighted by Crippen LogP contribution is -2.60. The summed E-state index contributed by atoms with van der Waals surface area (Å²) in [6.45, 7) is 1.97. The first-order valence-corrected chi connectivity index (χ1v) is 13.3. The van der Waals surface area contributed by atoms with Crippen molar-refractivity contribution < 1.29 is 31.5 Å². The third kappa shape index (κ3) is 5.28. The summed E-state index contributed by atoms with van der Waals surface area (Å²) >= 11 is 0. The van der Waals surface area contributed by atoms with Gasteiger partial charge in [-0.15, -0.1) is 0 Å². The molecule has 0 bridgehead atoms. The second-order valence-electron chi connectivity index (χ2n) is 11.2. The first-order valence-electron chi connectivity index (χ1n) is 13.3. The number of nitrogens with one attached hydrogen (secondary N) is 1. The lowest BCUT2D eigenvalue weighted by atomic mass is 9.75. The average molecular weight is 552 g/mol. The maximum atomic E-state index is 15.4. The van der Waals surface area contributed by atoms with E-state index in [0.717, 1.165) is 25.6 Å². The fourth-order valence-corrected chi connectivity index (χ4v) is 6.32. The lowest BCUT2D eigenvalue weighted by molar-refractivity contribution is -0.149. The van der Waals surface area contributed by atoms with Crippen molar-refractivity contribution in [1.82, 2.24) is 9.88 Å². The van der Waals surface area contributed by atoms with Crippen LogP contribution in [0.3, 0.4) is 0 Å². The summed E-state index contributed by atoms with van der Waals surface area (Å²) < 4.78 is 73.8. The quantitative estimate of drug-likeness (QED) is 0.551. The van der Waals surface area contributed by atoms with Gasteiger partial charge in [-0.25, -0.2) is 13.8 Å². The standard InChI is InChI=1S/C27H30F5N5O2/c28-19-8-18-12-37(25(38)17-2-5-35(6-3-17)15-27(30,31)32)23-10-22(20(29)9-21(23)34-24(18)33-11-19)36-13-26(14-36)4-1-7-39-16-26/h8-11,17H,1-7,12-16H2,(H,33,34). The van der Waals surface area contributed by atoms with Gasteiger partial charge in [-0.3, -0.25) is 9.69 Å². The highest BCUT2D eigenvalue weighted by Crippen LogP contribution is 2.45. The van der Waals surface area contributed by atoms with Gasteiger partial charge in [-0.2, -0.15) is 13.2 Å². The number of hydrogen-bond donors (Lipinski definition) is 1. The Hall–Kier alpha value is -2.99. The summed E-state index contributed by atoms with van der Waals surface area (Å²) in [5.41, 5.74) is 1.57. The zero-order valence-corrected chi connectivity index (χ0v) is 21.4. The monoisotopic (exact) mass is 551 g/mol. The molecule has 4 aliphatic rings. The molecule has 7 nitrogen and oxygen atoms in total. The van der Waals surface area contributed by atoms with Crippen LogP contribution in [0.25, 0.3) is 0 Å². The third-order valence-corrected chi connectivity index (χ3v) is 8.27. The van der Waals surface area contributed by atoms with Gasteiger partial charge in [-0.05, 0) is 50.9 Å². The minimum atomic E-state index is -4.30. The predicted octanol–water partition coefficient (Wildman–Crippen LogP) is 4.84. The minimum absolute atomic E-state index is 0.00451. The highest BCUT2D eigenvalue weighted by atomic mass is 19.4. The molecule has 3 fully saturated rings. The van der Waals surface area contributed by atoms with Crippen LogP contribution in [0.5, 0.6) is 0 Å². The molecule has 1 aromatic heterocycles. The molecule has 0 radical (unpaired) electrons. The Labute approximate surface area is 222 Å². The number of aromatic nitrogens is 1. The van der Waals surface area contributed by atoms with Gasteiger partial charge in [0.2, 0.25) is 5.91 Å². The summed E-state index contributed by atoms with van der Waals surface area (Å²) in [4.78, 5) is 22.7. The first kappa shape index (κ1) is 26.2. The van der Waals surface area contributed by atoms with E-state index in [1.165, 1.54) is 21.9 Å². The summed E-state index contributed by atoms with van der Waals surface area (Å²) in [5.74, 6) is -1.49. The number of benzene rings is 1. The van der Waals surface area contributed by atoms with E-state index >= 15 is 4.39 Å². The lowest BCUT2D eigenvalue weighted by Gasteiger charge is -2.53. The zero-order valence-electron chi connectivity index (χ0n) is 21.4. The van der Waals surface area contributed by atoms with E-state index in [-0.39, 0.29) is 43.8 Å². The number of hydrogen-bond acceptors (Lipinski definition) is 6. The maximum Gasteiger partial charge on any atom is 0.401 e. The van der Waals surface area contributed by atoms with Crippen LogP contribution in [0.1, 0.15) is 31.2 Å². The smallest absolute Gasteiger partial charge is 0.381 e. The number of carbonyl (C=O) groups is 1. The molecule has 0 aliphatic carbocycles. The molecular formula is C27H30F5N5O2. The highest BCUT2D eigenvalue weighted by molar-refractivity contribution is 6.00. The summed E-state index contributed by atoms with van der Waals surface area (Å²) in [6, 6.07) is 4.26. The molecule has 1 spiro atoms. The van der Waals surface area contributed by atoms with E-state index < -0.39 is 30.3 Å². The van der Waals surface area contributed by atoms with E-state index in [1.54, 1.807) is 6.07 Å². The Morgan fingerprint density at radius 1 is 1.13 bits per heavy atom. The van der Waals surface area contributed by atoms with Crippen molar-refractivity contribution in [3.8, 4) is 0 Å². The number of likely N-dealkylation sites (tertiary alicyclic amines) is 1. The molecule has 210 valence electrons. The van der Waals surface area contributed by atoms with E-state index in [0.29, 0.717) is 48.1 Å². The number of amides is 1. The first-order chi connectivity index (χ1) is 18.6. The van der Waals surface area contributed by atoms with Crippen LogP contribution in [0.4, 0.5) is 44.8 Å². The van der Waals surface area contributed by atoms with Gasteiger partial charge in [0.15, 0.2) is 0 Å². The van der Waals surface area contributed by atoms with Gasteiger partial charge in [0, 0.05) is 42.7 Å². The molecular weight excluding hydrogens is 521 g/mol. The van der Waals surface area contributed by atoms with Gasteiger partial charge < -0.3 is 19.9 Å². The zero-order chi connectivity index (χ0) is 27.4. The van der Waals surface area contributed by atoms with Crippen LogP contribution < -0.4 is 15.1 Å². The maximum absolute atomic E-state index is 15.4. The number of halogens is 5. The van der Waals surface area contributed by atoms with Gasteiger partial charge in [-0.1, -0.05) is 0 Å². The second-order valence-corrected chi connectivity index (χ2v) is 11.2. The number of carbonyl (C=O) groups excluding carboxylic acids is 1. The molecule has 4 aliphatic heterocycles. The number of anilines is 4. The number of piperidine rings is 1. The van der Waals surface area contributed by atoms with E-state index in [1.807, 2.05) is 4.90 Å². The van der Waals surface area contributed by atoms with Crippen LogP contribution in [0.2, 0.25) is 0 Å². The molecule has 6 rings (SSSR count). The van der Waals surface area contributed by atoms with Crippen molar-refractivity contribution in [1.29, 1.82) is 0 Å². The molecule has 5 heterocycles. The Morgan fingerprint density at radius 3 is 2.59 bits per heavy atom. The van der Waals surface area contributed by atoms with Crippen LogP contribution in [-0.4, -0.2) is 67.9 Å². The Kier molecular flexibility index (Phi) is 6.65. The van der Waals surface area contributed by atoms with Crippen LogP contribution >= 0.6 is 0 Å². The summed E-state index contributed by atoms with van der Waals surface area (Å²) in [6.07, 6.45) is -0.725. The minimum Gasteiger partial charge on any atom is -0.381 e. The van der Waals surface area contributed by atoms with Crippen molar-refractivity contribution in [2.24, 2.45) is 11.3 Å². The van der Waals surface area contributed by atoms with Crippen LogP contribution in [0, 0.1) is 23.0 Å². The fraction of sp³-hybridized carbons (Fsp3) is 0.556. The number of nitrogens with zero attached hydrogens (tertiary/aromatic N) is 4. The molecule has 39 heavy (non-hydrogen) atoms. The van der Waals surface area contributed by atoms with Crippen LogP contribution in [0.15, 0.2) is 24.4 Å². The molecule has 12 heteroatoms. The van der Waals surface area contributed by atoms with Gasteiger partial charge in [0.1, 0.15) is 17.5 Å². The summed E-state index contributed by atoms with van der Waals surface area (Å²) in [7, 11) is 0. The molecule has 0 unspecified atom stereocenters. The van der Waals surface area contributed by atoms with Gasteiger partial charge in [0.05, 0.1) is 43.0 Å². The number of alkyl halides is 3. The second kappa shape index (κ2) is 9.88. The molecule has 3 saturated heterocycles. The van der Waals surface area contributed by atoms with Crippen LogP contribution in [-0.2, 0) is 16.1 Å². The van der Waals surface area contributed by atoms with Gasteiger partial charge in [0.25, 0.3) is 0 Å². The molecule has 1 aromatic carbocycles. The molecule has 1 N–H and O–H groups in total. The molecule has 0 saturated carbocycles. The van der Waals surface area contributed by atoms with E-state index in [4.69, 9.17) is 4.74 Å². The predicted molar refractivity (Wildman–Crippen MR) is 135 cm³/mol. The van der Waals surface area contributed by atoms with E-state index in [9.17, 15) is 22.4 Å². The largest absolute Gasteiger partial charge is 0.401 e. The van der Waals surface area contributed by atoms with E-state index in [2.05, 4.69) is 10.3 Å². The molecule has 2 aromatic rings. The average Bonchev–Trinajstić information content (AvgIpc) is 3.02. The van der Waals surface area contributed by atoms with Crippen molar-refractivity contribution in [3.63, 3.8) is 0 Å². The highest BCUT2D eigenvalue weighted by Gasteiger charge is 2.45. The molecule has 0 atom stereocenters. The van der Waals surface area contributed by atoms with Crippen molar-refractivity contribution >= 4 is 28.8 Å². The number of pyridine rings is 1. The number of rotatable bonds is 3. The number of ether oxygens (including phenoxy) is 1. The molecule has 1 amide bonds. The Balaban J connectivity index is 1.29. The normalized spacial score (nSPS) is 21.6. The summed E-state index contributed by atoms with van der Waals surface area (Å²) in [5, 5.41) is 3.07. The van der Waals surface area contributed by atoms with Crippen molar-refractivity contribution in [3.05, 3.63) is 41.6 Å². The Morgan fingerprint density at radius 2 is 1.90 bits per heavy atom. The Bertz CT molecular complexity index is 1250. The van der Waals surface area contributed by atoms with Crippen molar-refractivity contribution in [2.45, 2.75) is 38.4 Å². The van der Waals surface area contributed by atoms with Gasteiger partial charge >= 0.3 is 6.18 Å². The topological polar surface area (TPSA) is 60.9 Å². The SMILES string of the molecule is O=C(C1CCN(CC(F)(F)F)CC1)N1Cc2cc(F)cnc2Nc2cc(F)c(N3CC4(CCCOC4)C3)cc21. The third-order valence-electron chi connectivity index (χ3n) is 8.27. The fourth-order valence-electron chi connectivity index (χ4n) is 6.32. The number of fused-ring (bicyclic) bond motifs is 2.